The Labute approximate surface area is 149 Å². The Kier molecular flexibility index (Phi) is 6.86. The maximum Gasteiger partial charge on any atom is 0.191 e. The zero-order chi connectivity index (χ0) is 18.2. The van der Waals surface area contributed by atoms with Gasteiger partial charge in [0.2, 0.25) is 0 Å². The van der Waals surface area contributed by atoms with E-state index in [0.717, 1.165) is 40.8 Å². The Balaban J connectivity index is 1.99. The van der Waals surface area contributed by atoms with E-state index in [1.54, 1.807) is 7.11 Å². The van der Waals surface area contributed by atoms with Crippen LogP contribution in [0, 0.1) is 6.92 Å². The van der Waals surface area contributed by atoms with Gasteiger partial charge in [-0.2, -0.15) is 0 Å². The number of methoxy groups -OCH3 is 1. The summed E-state index contributed by atoms with van der Waals surface area (Å²) < 4.78 is 10.7. The third-order valence-corrected chi connectivity index (χ3v) is 3.84. The van der Waals surface area contributed by atoms with E-state index in [0.29, 0.717) is 19.0 Å². The Morgan fingerprint density at radius 2 is 2.08 bits per heavy atom. The number of rotatable bonds is 7. The highest BCUT2D eigenvalue weighted by molar-refractivity contribution is 5.79. The first-order valence-electron chi connectivity index (χ1n) is 8.64. The predicted octanol–water partition coefficient (Wildman–Crippen LogP) is 3.37. The van der Waals surface area contributed by atoms with Crippen molar-refractivity contribution < 1.29 is 9.26 Å². The van der Waals surface area contributed by atoms with E-state index in [1.807, 2.05) is 32.0 Å². The molecular formula is C19H28N4O2. The molecule has 2 aromatic rings. The minimum atomic E-state index is 0.357. The lowest BCUT2D eigenvalue weighted by Gasteiger charge is -2.10. The van der Waals surface area contributed by atoms with Crippen molar-refractivity contribution in [2.24, 2.45) is 4.99 Å². The fourth-order valence-corrected chi connectivity index (χ4v) is 2.33. The van der Waals surface area contributed by atoms with Crippen molar-refractivity contribution in [1.29, 1.82) is 0 Å². The Bertz CT molecular complexity index is 707. The molecule has 1 heterocycles. The zero-order valence-corrected chi connectivity index (χ0v) is 15.7. The number of ether oxygens (including phenoxy) is 1. The van der Waals surface area contributed by atoms with Gasteiger partial charge in [-0.15, -0.1) is 0 Å². The summed E-state index contributed by atoms with van der Waals surface area (Å²) in [5.41, 5.74) is 3.18. The van der Waals surface area contributed by atoms with Crippen molar-refractivity contribution in [2.75, 3.05) is 13.7 Å². The normalized spacial score (nSPS) is 11.7. The lowest BCUT2D eigenvalue weighted by molar-refractivity contribution is 0.372. The van der Waals surface area contributed by atoms with Crippen molar-refractivity contribution in [2.45, 2.75) is 46.7 Å². The lowest BCUT2D eigenvalue weighted by Crippen LogP contribution is -2.36. The van der Waals surface area contributed by atoms with Crippen LogP contribution in [0.5, 0.6) is 5.75 Å². The number of nitrogens with zero attached hydrogens (tertiary/aromatic N) is 2. The van der Waals surface area contributed by atoms with Gasteiger partial charge in [-0.25, -0.2) is 4.99 Å². The molecule has 1 aromatic carbocycles. The zero-order valence-electron chi connectivity index (χ0n) is 15.7. The SMILES string of the molecule is CCNC(=NCc1ccc(C)c(OC)c1)NCc1cc(C(C)C)no1. The molecular weight excluding hydrogens is 316 g/mol. The first kappa shape index (κ1) is 18.8. The Morgan fingerprint density at radius 1 is 1.28 bits per heavy atom. The first-order chi connectivity index (χ1) is 12.0. The standard InChI is InChI=1S/C19H28N4O2/c1-6-20-19(22-12-16-10-17(13(2)3)23-25-16)21-11-15-8-7-14(4)18(9-15)24-5/h7-10,13H,6,11-12H2,1-5H3,(H2,20,21,22). The summed E-state index contributed by atoms with van der Waals surface area (Å²) in [6, 6.07) is 8.11. The van der Waals surface area contributed by atoms with Gasteiger partial charge < -0.3 is 19.9 Å². The minimum absolute atomic E-state index is 0.357. The summed E-state index contributed by atoms with van der Waals surface area (Å²) in [6.07, 6.45) is 0. The number of aliphatic imine (C=N–C) groups is 1. The second kappa shape index (κ2) is 9.11. The number of hydrogen-bond donors (Lipinski definition) is 2. The molecule has 25 heavy (non-hydrogen) atoms. The first-order valence-corrected chi connectivity index (χ1v) is 8.64. The van der Waals surface area contributed by atoms with Crippen LogP contribution in [0.25, 0.3) is 0 Å². The molecule has 0 saturated carbocycles. The van der Waals surface area contributed by atoms with E-state index in [9.17, 15) is 0 Å². The van der Waals surface area contributed by atoms with E-state index in [1.165, 1.54) is 0 Å². The summed E-state index contributed by atoms with van der Waals surface area (Å²) in [7, 11) is 1.68. The van der Waals surface area contributed by atoms with Crippen LogP contribution in [0.2, 0.25) is 0 Å². The van der Waals surface area contributed by atoms with Crippen LogP contribution < -0.4 is 15.4 Å². The van der Waals surface area contributed by atoms with Crippen LogP contribution in [-0.4, -0.2) is 24.8 Å². The fourth-order valence-electron chi connectivity index (χ4n) is 2.33. The quantitative estimate of drug-likeness (QED) is 0.595. The minimum Gasteiger partial charge on any atom is -0.496 e. The number of hydrogen-bond acceptors (Lipinski definition) is 4. The van der Waals surface area contributed by atoms with Crippen LogP contribution in [0.4, 0.5) is 0 Å². The topological polar surface area (TPSA) is 71.7 Å². The molecule has 0 aliphatic rings. The summed E-state index contributed by atoms with van der Waals surface area (Å²) in [5, 5.41) is 10.6. The molecule has 136 valence electrons. The van der Waals surface area contributed by atoms with E-state index >= 15 is 0 Å². The Morgan fingerprint density at radius 3 is 2.72 bits per heavy atom. The van der Waals surface area contributed by atoms with Gasteiger partial charge in [-0.1, -0.05) is 31.1 Å². The molecule has 2 N–H and O–H groups in total. The average molecular weight is 344 g/mol. The summed E-state index contributed by atoms with van der Waals surface area (Å²) in [4.78, 5) is 4.62. The van der Waals surface area contributed by atoms with Gasteiger partial charge >= 0.3 is 0 Å². The van der Waals surface area contributed by atoms with E-state index < -0.39 is 0 Å². The van der Waals surface area contributed by atoms with E-state index in [4.69, 9.17) is 9.26 Å². The third-order valence-electron chi connectivity index (χ3n) is 3.84. The number of benzene rings is 1. The second-order valence-corrected chi connectivity index (χ2v) is 6.23. The molecule has 0 aliphatic carbocycles. The molecule has 0 saturated heterocycles. The lowest BCUT2D eigenvalue weighted by atomic mass is 10.1. The molecule has 0 spiro atoms. The molecule has 0 amide bonds. The molecule has 6 nitrogen and oxygen atoms in total. The molecule has 0 radical (unpaired) electrons. The van der Waals surface area contributed by atoms with Gasteiger partial charge in [-0.3, -0.25) is 0 Å². The van der Waals surface area contributed by atoms with E-state index in [2.05, 4.69) is 40.7 Å². The highest BCUT2D eigenvalue weighted by Crippen LogP contribution is 2.19. The molecule has 0 aliphatic heterocycles. The molecule has 0 atom stereocenters. The van der Waals surface area contributed by atoms with Crippen molar-refractivity contribution >= 4 is 5.96 Å². The van der Waals surface area contributed by atoms with Crippen LogP contribution >= 0.6 is 0 Å². The van der Waals surface area contributed by atoms with Crippen molar-refractivity contribution in [1.82, 2.24) is 15.8 Å². The molecule has 1 aromatic heterocycles. The second-order valence-electron chi connectivity index (χ2n) is 6.23. The molecule has 2 rings (SSSR count). The Hall–Kier alpha value is -2.50. The van der Waals surface area contributed by atoms with Gasteiger partial charge in [0.15, 0.2) is 11.7 Å². The number of guanidine groups is 1. The molecule has 0 bridgehead atoms. The number of aryl methyl sites for hydroxylation is 1. The largest absolute Gasteiger partial charge is 0.496 e. The molecule has 0 unspecified atom stereocenters. The van der Waals surface area contributed by atoms with Gasteiger partial charge in [0.1, 0.15) is 5.75 Å². The van der Waals surface area contributed by atoms with Gasteiger partial charge in [0.25, 0.3) is 0 Å². The maximum atomic E-state index is 5.37. The number of nitrogens with one attached hydrogen (secondary N) is 2. The smallest absolute Gasteiger partial charge is 0.191 e. The third kappa shape index (κ3) is 5.52. The number of aromatic nitrogens is 1. The van der Waals surface area contributed by atoms with Crippen LogP contribution in [-0.2, 0) is 13.1 Å². The van der Waals surface area contributed by atoms with Gasteiger partial charge in [0.05, 0.1) is 25.9 Å². The summed E-state index contributed by atoms with van der Waals surface area (Å²) in [6.45, 7) is 10.2. The van der Waals surface area contributed by atoms with Gasteiger partial charge in [0, 0.05) is 12.6 Å². The fraction of sp³-hybridized carbons (Fsp3) is 0.474. The van der Waals surface area contributed by atoms with Crippen molar-refractivity contribution in [3.63, 3.8) is 0 Å². The maximum absolute atomic E-state index is 5.37. The molecule has 0 fully saturated rings. The summed E-state index contributed by atoms with van der Waals surface area (Å²) >= 11 is 0. The van der Waals surface area contributed by atoms with Crippen LogP contribution in [0.1, 0.15) is 49.3 Å². The van der Waals surface area contributed by atoms with E-state index in [-0.39, 0.29) is 0 Å². The monoisotopic (exact) mass is 344 g/mol. The van der Waals surface area contributed by atoms with Crippen LogP contribution in [0.3, 0.4) is 0 Å². The average Bonchev–Trinajstić information content (AvgIpc) is 3.08. The van der Waals surface area contributed by atoms with Gasteiger partial charge in [-0.05, 0) is 37.0 Å². The van der Waals surface area contributed by atoms with Crippen LogP contribution in [0.15, 0.2) is 33.8 Å². The summed E-state index contributed by atoms with van der Waals surface area (Å²) in [5.74, 6) is 2.78. The highest BCUT2D eigenvalue weighted by atomic mass is 16.5. The predicted molar refractivity (Wildman–Crippen MR) is 100.0 cm³/mol. The van der Waals surface area contributed by atoms with Crippen molar-refractivity contribution in [3.05, 3.63) is 46.8 Å². The van der Waals surface area contributed by atoms with Crippen molar-refractivity contribution in [3.8, 4) is 5.75 Å². The molecule has 6 heteroatoms. The highest BCUT2D eigenvalue weighted by Gasteiger charge is 2.08.